The first-order chi connectivity index (χ1) is 8.16. The molecule has 2 heterocycles. The van der Waals surface area contributed by atoms with Crippen LogP contribution in [0.1, 0.15) is 39.0 Å². The maximum Gasteiger partial charge on any atom is 0.236 e. The molecule has 0 spiro atoms. The number of hydrogen-bond donors (Lipinski definition) is 1. The molecule has 1 amide bonds. The Hall–Kier alpha value is -0.320. The van der Waals surface area contributed by atoms with Crippen LogP contribution in [0.25, 0.3) is 0 Å². The summed E-state index contributed by atoms with van der Waals surface area (Å²) in [4.78, 5) is 16.5. The van der Waals surface area contributed by atoms with Gasteiger partial charge in [-0.15, -0.1) is 12.4 Å². The molecule has 106 valence electrons. The summed E-state index contributed by atoms with van der Waals surface area (Å²) in [5.41, 5.74) is 5.87. The minimum Gasteiger partial charge on any atom is -0.339 e. The van der Waals surface area contributed by atoms with E-state index in [1.54, 1.807) is 0 Å². The summed E-state index contributed by atoms with van der Waals surface area (Å²) in [6.07, 6.45) is 5.66. The summed E-state index contributed by atoms with van der Waals surface area (Å²) in [5.74, 6) is 0.313. The van der Waals surface area contributed by atoms with Crippen LogP contribution in [0, 0.1) is 0 Å². The Kier molecular flexibility index (Phi) is 6.39. The van der Waals surface area contributed by atoms with Gasteiger partial charge in [0, 0.05) is 31.7 Å². The highest BCUT2D eigenvalue weighted by Gasteiger charge is 2.25. The molecule has 2 N–H and O–H groups in total. The number of piperidine rings is 2. The number of rotatable bonds is 2. The normalized spacial score (nSPS) is 26.8. The Labute approximate surface area is 116 Å². The fourth-order valence-electron chi connectivity index (χ4n) is 2.86. The van der Waals surface area contributed by atoms with Gasteiger partial charge in [-0.05, 0) is 39.0 Å². The van der Waals surface area contributed by atoms with Crippen molar-refractivity contribution in [3.63, 3.8) is 0 Å². The van der Waals surface area contributed by atoms with Gasteiger partial charge in [-0.3, -0.25) is 9.69 Å². The van der Waals surface area contributed by atoms with Crippen LogP contribution in [0.2, 0.25) is 0 Å². The van der Waals surface area contributed by atoms with Crippen molar-refractivity contribution in [1.29, 1.82) is 0 Å². The average Bonchev–Trinajstić information content (AvgIpc) is 2.32. The Bertz CT molecular complexity index is 267. The number of nitrogens with two attached hydrogens (primary N) is 1. The van der Waals surface area contributed by atoms with Crippen molar-refractivity contribution in [2.45, 2.75) is 51.1 Å². The number of nitrogens with zero attached hydrogens (tertiary/aromatic N) is 2. The van der Waals surface area contributed by atoms with E-state index < -0.39 is 0 Å². The molecule has 4 nitrogen and oxygen atoms in total. The van der Waals surface area contributed by atoms with E-state index in [1.807, 2.05) is 0 Å². The molecule has 2 rings (SSSR count). The molecule has 0 aromatic rings. The van der Waals surface area contributed by atoms with Crippen LogP contribution in [0.3, 0.4) is 0 Å². The number of hydrogen-bond acceptors (Lipinski definition) is 3. The van der Waals surface area contributed by atoms with Crippen molar-refractivity contribution in [2.75, 3.05) is 26.2 Å². The third kappa shape index (κ3) is 4.11. The number of amides is 1. The predicted octanol–water partition coefficient (Wildman–Crippen LogP) is 1.23. The molecular formula is C13H26ClN3O. The van der Waals surface area contributed by atoms with Crippen LogP contribution >= 0.6 is 12.4 Å². The van der Waals surface area contributed by atoms with E-state index in [9.17, 15) is 4.79 Å². The first kappa shape index (κ1) is 15.7. The van der Waals surface area contributed by atoms with Crippen LogP contribution < -0.4 is 5.73 Å². The van der Waals surface area contributed by atoms with Gasteiger partial charge in [0.25, 0.3) is 0 Å². The molecule has 2 fully saturated rings. The minimum absolute atomic E-state index is 0. The van der Waals surface area contributed by atoms with Gasteiger partial charge < -0.3 is 10.6 Å². The molecule has 0 aromatic heterocycles. The highest BCUT2D eigenvalue weighted by molar-refractivity contribution is 5.85. The monoisotopic (exact) mass is 275 g/mol. The van der Waals surface area contributed by atoms with Crippen LogP contribution in [0.5, 0.6) is 0 Å². The second kappa shape index (κ2) is 7.31. The lowest BCUT2D eigenvalue weighted by Crippen LogP contribution is -2.49. The van der Waals surface area contributed by atoms with E-state index in [0.29, 0.717) is 24.5 Å². The SMILES string of the molecule is CC1CCCCN1C(=O)CN1CCC(N)CC1.Cl. The predicted molar refractivity (Wildman–Crippen MR) is 75.9 cm³/mol. The fourth-order valence-corrected chi connectivity index (χ4v) is 2.86. The fraction of sp³-hybridized carbons (Fsp3) is 0.923. The molecule has 0 aromatic carbocycles. The summed E-state index contributed by atoms with van der Waals surface area (Å²) < 4.78 is 0. The summed E-state index contributed by atoms with van der Waals surface area (Å²) in [6, 6.07) is 0.776. The molecule has 0 saturated carbocycles. The van der Waals surface area contributed by atoms with Crippen molar-refractivity contribution in [2.24, 2.45) is 5.73 Å². The minimum atomic E-state index is 0. The van der Waals surface area contributed by atoms with Gasteiger partial charge in [0.2, 0.25) is 5.91 Å². The average molecular weight is 276 g/mol. The highest BCUT2D eigenvalue weighted by atomic mass is 35.5. The molecule has 0 bridgehead atoms. The molecule has 2 saturated heterocycles. The van der Waals surface area contributed by atoms with E-state index >= 15 is 0 Å². The first-order valence-electron chi connectivity index (χ1n) is 6.94. The molecule has 2 aliphatic heterocycles. The zero-order chi connectivity index (χ0) is 12.3. The van der Waals surface area contributed by atoms with Gasteiger partial charge in [-0.1, -0.05) is 0 Å². The van der Waals surface area contributed by atoms with Crippen molar-refractivity contribution >= 4 is 18.3 Å². The standard InChI is InChI=1S/C13H25N3O.ClH/c1-11-4-2-3-7-16(11)13(17)10-15-8-5-12(14)6-9-15;/h11-12H,2-10,14H2,1H3;1H. The molecule has 2 aliphatic rings. The maximum absolute atomic E-state index is 12.2. The van der Waals surface area contributed by atoms with E-state index in [0.717, 1.165) is 38.9 Å². The van der Waals surface area contributed by atoms with E-state index in [-0.39, 0.29) is 12.4 Å². The lowest BCUT2D eigenvalue weighted by molar-refractivity contribution is -0.135. The van der Waals surface area contributed by atoms with E-state index in [1.165, 1.54) is 12.8 Å². The van der Waals surface area contributed by atoms with Gasteiger partial charge in [-0.2, -0.15) is 0 Å². The highest BCUT2D eigenvalue weighted by Crippen LogP contribution is 2.17. The third-order valence-electron chi connectivity index (χ3n) is 4.11. The zero-order valence-corrected chi connectivity index (χ0v) is 12.1. The quantitative estimate of drug-likeness (QED) is 0.825. The summed E-state index contributed by atoms with van der Waals surface area (Å²) in [5, 5.41) is 0. The van der Waals surface area contributed by atoms with Crippen LogP contribution in [0.4, 0.5) is 0 Å². The van der Waals surface area contributed by atoms with Gasteiger partial charge in [0.05, 0.1) is 6.54 Å². The lowest BCUT2D eigenvalue weighted by Gasteiger charge is -2.36. The maximum atomic E-state index is 12.2. The van der Waals surface area contributed by atoms with Crippen molar-refractivity contribution < 1.29 is 4.79 Å². The van der Waals surface area contributed by atoms with Crippen molar-refractivity contribution in [1.82, 2.24) is 9.80 Å². The van der Waals surface area contributed by atoms with Gasteiger partial charge in [-0.25, -0.2) is 0 Å². The van der Waals surface area contributed by atoms with Gasteiger partial charge >= 0.3 is 0 Å². The lowest BCUT2D eigenvalue weighted by atomic mass is 10.0. The first-order valence-corrected chi connectivity index (χ1v) is 6.94. The molecule has 1 atom stereocenters. The van der Waals surface area contributed by atoms with Gasteiger partial charge in [0.1, 0.15) is 0 Å². The topological polar surface area (TPSA) is 49.6 Å². The van der Waals surface area contributed by atoms with E-state index in [4.69, 9.17) is 5.73 Å². The smallest absolute Gasteiger partial charge is 0.236 e. The molecule has 18 heavy (non-hydrogen) atoms. The van der Waals surface area contributed by atoms with E-state index in [2.05, 4.69) is 16.7 Å². The Balaban J connectivity index is 0.00000162. The Morgan fingerprint density at radius 1 is 1.17 bits per heavy atom. The number of halogens is 1. The van der Waals surface area contributed by atoms with Crippen molar-refractivity contribution in [3.8, 4) is 0 Å². The second-order valence-corrected chi connectivity index (χ2v) is 5.55. The van der Waals surface area contributed by atoms with Crippen LogP contribution in [-0.2, 0) is 4.79 Å². The summed E-state index contributed by atoms with van der Waals surface area (Å²) in [6.45, 7) is 5.68. The number of carbonyl (C=O) groups is 1. The molecule has 0 radical (unpaired) electrons. The summed E-state index contributed by atoms with van der Waals surface area (Å²) in [7, 11) is 0. The second-order valence-electron chi connectivity index (χ2n) is 5.55. The van der Waals surface area contributed by atoms with Gasteiger partial charge in [0.15, 0.2) is 0 Å². The summed E-state index contributed by atoms with van der Waals surface area (Å²) >= 11 is 0. The molecular weight excluding hydrogens is 250 g/mol. The van der Waals surface area contributed by atoms with Crippen LogP contribution in [0.15, 0.2) is 0 Å². The number of likely N-dealkylation sites (tertiary alicyclic amines) is 2. The van der Waals surface area contributed by atoms with Crippen LogP contribution in [-0.4, -0.2) is 54.0 Å². The molecule has 1 unspecified atom stereocenters. The Morgan fingerprint density at radius 3 is 2.44 bits per heavy atom. The molecule has 0 aliphatic carbocycles. The number of carbonyl (C=O) groups excluding carboxylic acids is 1. The zero-order valence-electron chi connectivity index (χ0n) is 11.3. The Morgan fingerprint density at radius 2 is 1.83 bits per heavy atom. The third-order valence-corrected chi connectivity index (χ3v) is 4.11. The molecule has 5 heteroatoms. The van der Waals surface area contributed by atoms with Crippen molar-refractivity contribution in [3.05, 3.63) is 0 Å². The largest absolute Gasteiger partial charge is 0.339 e.